The molecule has 38 heavy (non-hydrogen) atoms. The lowest BCUT2D eigenvalue weighted by Crippen LogP contribution is -2.57. The molecule has 8 heteroatoms. The number of amides is 3. The number of anilines is 1. The molecule has 1 aromatic carbocycles. The van der Waals surface area contributed by atoms with Crippen molar-refractivity contribution < 1.29 is 19.1 Å². The van der Waals surface area contributed by atoms with Crippen molar-refractivity contribution in [3.8, 4) is 0 Å². The zero-order valence-electron chi connectivity index (χ0n) is 23.2. The van der Waals surface area contributed by atoms with Crippen LogP contribution < -0.4 is 10.6 Å². The molecule has 3 amide bonds. The average molecular weight is 523 g/mol. The molecule has 2 bridgehead atoms. The number of benzene rings is 1. The predicted molar refractivity (Wildman–Crippen MR) is 147 cm³/mol. The summed E-state index contributed by atoms with van der Waals surface area (Å²) in [5.41, 5.74) is 1.71. The predicted octanol–water partition coefficient (Wildman–Crippen LogP) is 3.18. The van der Waals surface area contributed by atoms with Crippen LogP contribution in [0.15, 0.2) is 30.4 Å². The number of likely N-dealkylation sites (N-methyl/N-ethyl adjacent to an activating group) is 1. The fourth-order valence-electron chi connectivity index (χ4n) is 7.10. The molecule has 1 aliphatic carbocycles. The molecule has 1 spiro atoms. The topological polar surface area (TPSA) is 91.0 Å². The van der Waals surface area contributed by atoms with Gasteiger partial charge in [-0.25, -0.2) is 0 Å². The fourth-order valence-corrected chi connectivity index (χ4v) is 7.10. The van der Waals surface area contributed by atoms with Crippen LogP contribution in [0.5, 0.6) is 0 Å². The van der Waals surface area contributed by atoms with Crippen molar-refractivity contribution in [3.63, 3.8) is 0 Å². The Morgan fingerprint density at radius 3 is 2.39 bits per heavy atom. The Labute approximate surface area is 226 Å². The largest absolute Gasteiger partial charge is 0.359 e. The van der Waals surface area contributed by atoms with Gasteiger partial charge in [-0.2, -0.15) is 0 Å². The summed E-state index contributed by atoms with van der Waals surface area (Å²) < 4.78 is 6.48. The summed E-state index contributed by atoms with van der Waals surface area (Å²) in [7, 11) is 0. The van der Waals surface area contributed by atoms with E-state index < -0.39 is 29.6 Å². The van der Waals surface area contributed by atoms with Crippen LogP contribution in [0, 0.1) is 25.7 Å². The first-order valence-corrected chi connectivity index (χ1v) is 14.4. The highest BCUT2D eigenvalue weighted by Gasteiger charge is 2.72. The van der Waals surface area contributed by atoms with Crippen LogP contribution >= 0.6 is 0 Å². The normalized spacial score (nSPS) is 30.2. The first-order chi connectivity index (χ1) is 18.3. The van der Waals surface area contributed by atoms with Gasteiger partial charge in [0.2, 0.25) is 17.7 Å². The molecule has 2 saturated heterocycles. The van der Waals surface area contributed by atoms with Crippen LogP contribution in [0.3, 0.4) is 0 Å². The Kier molecular flexibility index (Phi) is 7.65. The Bertz CT molecular complexity index is 1090. The van der Waals surface area contributed by atoms with Gasteiger partial charge < -0.3 is 25.2 Å². The van der Waals surface area contributed by atoms with Crippen LogP contribution in [0.25, 0.3) is 0 Å². The van der Waals surface area contributed by atoms with Gasteiger partial charge in [0.05, 0.1) is 17.9 Å². The standard InChI is InChI=1S/C30H42N4O4/c1-5-33(6-2)14-15-34-26(28(36)31-21-10-8-7-9-11-21)30-13-12-23(38-30)24(25(30)29(34)37)27(35)32-22-17-19(3)16-20(4)18-22/h12-13,16-18,21,23-26H,5-11,14-15H2,1-4H3,(H,31,36)(H,32,35)/t23-,24+,25-,26-,30-/m0/s1. The summed E-state index contributed by atoms with van der Waals surface area (Å²) in [5, 5.41) is 6.29. The second-order valence-electron chi connectivity index (χ2n) is 11.5. The van der Waals surface area contributed by atoms with Gasteiger partial charge in [-0.05, 0) is 63.0 Å². The molecule has 5 rings (SSSR count). The van der Waals surface area contributed by atoms with Gasteiger partial charge in [0.25, 0.3) is 0 Å². The Morgan fingerprint density at radius 2 is 1.74 bits per heavy atom. The molecule has 0 radical (unpaired) electrons. The third-order valence-electron chi connectivity index (χ3n) is 8.92. The maximum atomic E-state index is 14.1. The number of rotatable bonds is 9. The van der Waals surface area contributed by atoms with E-state index in [2.05, 4.69) is 35.4 Å². The minimum absolute atomic E-state index is 0.123. The van der Waals surface area contributed by atoms with Crippen LogP contribution in [-0.2, 0) is 19.1 Å². The molecule has 3 aliphatic heterocycles. The van der Waals surface area contributed by atoms with Crippen LogP contribution in [0.2, 0.25) is 0 Å². The second kappa shape index (κ2) is 10.8. The monoisotopic (exact) mass is 522 g/mol. The van der Waals surface area contributed by atoms with Gasteiger partial charge in [-0.15, -0.1) is 0 Å². The van der Waals surface area contributed by atoms with Crippen molar-refractivity contribution in [2.45, 2.75) is 83.6 Å². The molecule has 3 heterocycles. The van der Waals surface area contributed by atoms with Gasteiger partial charge in [-0.3, -0.25) is 14.4 Å². The first-order valence-electron chi connectivity index (χ1n) is 14.4. The SMILES string of the molecule is CCN(CC)CCN1C(=O)[C@@H]2[C@H](C(=O)Nc3cc(C)cc(C)c3)[C@@H]3C=C[C@@]2(O3)[C@@H]1C(=O)NC1CCCCC1. The zero-order chi connectivity index (χ0) is 27.0. The van der Waals surface area contributed by atoms with Crippen molar-refractivity contribution in [1.82, 2.24) is 15.1 Å². The maximum Gasteiger partial charge on any atom is 0.246 e. The van der Waals surface area contributed by atoms with Crippen molar-refractivity contribution in [2.75, 3.05) is 31.5 Å². The van der Waals surface area contributed by atoms with E-state index in [1.165, 1.54) is 6.42 Å². The Balaban J connectivity index is 1.43. The first kappa shape index (κ1) is 26.9. The highest BCUT2D eigenvalue weighted by atomic mass is 16.5. The van der Waals surface area contributed by atoms with Crippen LogP contribution in [0.1, 0.15) is 57.1 Å². The summed E-state index contributed by atoms with van der Waals surface area (Å²) in [6, 6.07) is 5.25. The number of likely N-dealkylation sites (tertiary alicyclic amines) is 1. The second-order valence-corrected chi connectivity index (χ2v) is 11.5. The molecule has 5 atom stereocenters. The van der Waals surface area contributed by atoms with Crippen molar-refractivity contribution >= 4 is 23.4 Å². The van der Waals surface area contributed by atoms with Gasteiger partial charge in [0, 0.05) is 24.8 Å². The van der Waals surface area contributed by atoms with E-state index in [1.807, 2.05) is 38.1 Å². The molecule has 206 valence electrons. The van der Waals surface area contributed by atoms with Crippen LogP contribution in [-0.4, -0.2) is 77.5 Å². The number of nitrogens with one attached hydrogen (secondary N) is 2. The van der Waals surface area contributed by atoms with E-state index in [0.717, 1.165) is 49.9 Å². The van der Waals surface area contributed by atoms with Gasteiger partial charge in [-0.1, -0.05) is 51.3 Å². The molecule has 0 unspecified atom stereocenters. The van der Waals surface area contributed by atoms with E-state index in [-0.39, 0.29) is 23.8 Å². The number of hydrogen-bond acceptors (Lipinski definition) is 5. The third kappa shape index (κ3) is 4.77. The zero-order valence-corrected chi connectivity index (χ0v) is 23.2. The summed E-state index contributed by atoms with van der Waals surface area (Å²) >= 11 is 0. The molecule has 4 aliphatic rings. The third-order valence-corrected chi connectivity index (χ3v) is 8.92. The fraction of sp³-hybridized carbons (Fsp3) is 0.633. The molecular weight excluding hydrogens is 480 g/mol. The van der Waals surface area contributed by atoms with E-state index in [1.54, 1.807) is 4.90 Å². The molecule has 3 fully saturated rings. The van der Waals surface area contributed by atoms with Gasteiger partial charge >= 0.3 is 0 Å². The minimum Gasteiger partial charge on any atom is -0.359 e. The number of carbonyl (C=O) groups is 3. The van der Waals surface area contributed by atoms with Crippen molar-refractivity contribution in [2.24, 2.45) is 11.8 Å². The molecule has 1 aromatic rings. The van der Waals surface area contributed by atoms with Crippen LogP contribution in [0.4, 0.5) is 5.69 Å². The lowest BCUT2D eigenvalue weighted by molar-refractivity contribution is -0.141. The lowest BCUT2D eigenvalue weighted by Gasteiger charge is -2.34. The van der Waals surface area contributed by atoms with Gasteiger partial charge in [0.15, 0.2) is 0 Å². The van der Waals surface area contributed by atoms with E-state index >= 15 is 0 Å². The summed E-state index contributed by atoms with van der Waals surface area (Å²) in [6.45, 7) is 11.0. The number of aryl methyl sites for hydroxylation is 2. The van der Waals surface area contributed by atoms with E-state index in [4.69, 9.17) is 4.74 Å². The Morgan fingerprint density at radius 1 is 1.05 bits per heavy atom. The lowest BCUT2D eigenvalue weighted by atomic mass is 9.74. The van der Waals surface area contributed by atoms with Crippen molar-refractivity contribution in [1.29, 1.82) is 0 Å². The highest BCUT2D eigenvalue weighted by molar-refractivity contribution is 6.02. The molecule has 1 saturated carbocycles. The quantitative estimate of drug-likeness (QED) is 0.486. The minimum atomic E-state index is -1.12. The number of carbonyl (C=O) groups excluding carboxylic acids is 3. The molecule has 2 N–H and O–H groups in total. The van der Waals surface area contributed by atoms with E-state index in [9.17, 15) is 14.4 Å². The summed E-state index contributed by atoms with van der Waals surface area (Å²) in [4.78, 5) is 45.6. The highest BCUT2D eigenvalue weighted by Crippen LogP contribution is 2.55. The average Bonchev–Trinajstić information content (AvgIpc) is 3.52. The number of hydrogen-bond donors (Lipinski definition) is 2. The summed E-state index contributed by atoms with van der Waals surface area (Å²) in [6.07, 6.45) is 8.57. The number of ether oxygens (including phenoxy) is 1. The van der Waals surface area contributed by atoms with E-state index in [0.29, 0.717) is 18.8 Å². The summed E-state index contributed by atoms with van der Waals surface area (Å²) in [5.74, 6) is -1.96. The van der Waals surface area contributed by atoms with Crippen molar-refractivity contribution in [3.05, 3.63) is 41.5 Å². The molecule has 0 aromatic heterocycles. The number of nitrogens with zero attached hydrogens (tertiary/aromatic N) is 2. The molecular formula is C30H42N4O4. The maximum absolute atomic E-state index is 14.1. The smallest absolute Gasteiger partial charge is 0.246 e. The van der Waals surface area contributed by atoms with Gasteiger partial charge in [0.1, 0.15) is 11.6 Å². The molecule has 8 nitrogen and oxygen atoms in total. The number of fused-ring (bicyclic) bond motifs is 1. The Hall–Kier alpha value is -2.71.